The Morgan fingerprint density at radius 3 is 2.95 bits per heavy atom. The molecular formula is C16H25N3O2. The molecule has 0 bridgehead atoms. The molecule has 1 aromatic rings. The molecule has 1 atom stereocenters. The van der Waals surface area contributed by atoms with Crippen LogP contribution < -0.4 is 5.32 Å². The highest BCUT2D eigenvalue weighted by atomic mass is 16.5. The fraction of sp³-hybridized carbons (Fsp3) is 0.625. The second kappa shape index (κ2) is 6.89. The Morgan fingerprint density at radius 2 is 2.33 bits per heavy atom. The first-order chi connectivity index (χ1) is 10.1. The SMILES string of the molecule is CCCNc1ccc(C(=O)N2CCCC(C)(OC)C2)nc1. The van der Waals surface area contributed by atoms with Gasteiger partial charge in [-0.05, 0) is 38.3 Å². The highest BCUT2D eigenvalue weighted by Gasteiger charge is 2.33. The van der Waals surface area contributed by atoms with E-state index < -0.39 is 0 Å². The van der Waals surface area contributed by atoms with Crippen LogP contribution in [0.1, 0.15) is 43.6 Å². The zero-order chi connectivity index (χ0) is 15.3. The molecule has 5 heteroatoms. The number of carbonyl (C=O) groups is 1. The topological polar surface area (TPSA) is 54.5 Å². The number of carbonyl (C=O) groups excluding carboxylic acids is 1. The van der Waals surface area contributed by atoms with Gasteiger partial charge in [-0.3, -0.25) is 4.79 Å². The van der Waals surface area contributed by atoms with Crippen LogP contribution in [0.15, 0.2) is 18.3 Å². The van der Waals surface area contributed by atoms with E-state index in [0.29, 0.717) is 12.2 Å². The number of nitrogens with one attached hydrogen (secondary N) is 1. The lowest BCUT2D eigenvalue weighted by Gasteiger charge is -2.39. The summed E-state index contributed by atoms with van der Waals surface area (Å²) >= 11 is 0. The molecule has 1 aromatic heterocycles. The van der Waals surface area contributed by atoms with E-state index in [1.807, 2.05) is 11.0 Å². The van der Waals surface area contributed by atoms with Crippen LogP contribution in [0.5, 0.6) is 0 Å². The lowest BCUT2D eigenvalue weighted by atomic mass is 9.94. The van der Waals surface area contributed by atoms with E-state index in [2.05, 4.69) is 24.1 Å². The van der Waals surface area contributed by atoms with Gasteiger partial charge in [0.05, 0.1) is 17.5 Å². The van der Waals surface area contributed by atoms with Crippen molar-refractivity contribution in [3.05, 3.63) is 24.0 Å². The van der Waals surface area contributed by atoms with Crippen molar-refractivity contribution in [2.75, 3.05) is 32.1 Å². The predicted molar refractivity (Wildman–Crippen MR) is 83.6 cm³/mol. The Balaban J connectivity index is 2.02. The van der Waals surface area contributed by atoms with Crippen LogP contribution in [0.25, 0.3) is 0 Å². The maximum Gasteiger partial charge on any atom is 0.272 e. The number of hydrogen-bond acceptors (Lipinski definition) is 4. The first-order valence-electron chi connectivity index (χ1n) is 7.62. The molecule has 21 heavy (non-hydrogen) atoms. The number of rotatable bonds is 5. The number of nitrogens with zero attached hydrogens (tertiary/aromatic N) is 2. The van der Waals surface area contributed by atoms with Gasteiger partial charge in [0.15, 0.2) is 0 Å². The highest BCUT2D eigenvalue weighted by Crippen LogP contribution is 2.24. The normalized spacial score (nSPS) is 22.1. The second-order valence-corrected chi connectivity index (χ2v) is 5.84. The zero-order valence-electron chi connectivity index (χ0n) is 13.2. The average molecular weight is 291 g/mol. The van der Waals surface area contributed by atoms with Gasteiger partial charge in [0.2, 0.25) is 0 Å². The number of amides is 1. The molecule has 0 aliphatic carbocycles. The number of ether oxygens (including phenoxy) is 1. The Kier molecular flexibility index (Phi) is 5.17. The van der Waals surface area contributed by atoms with Crippen molar-refractivity contribution in [2.24, 2.45) is 0 Å². The van der Waals surface area contributed by atoms with Crippen molar-refractivity contribution in [3.63, 3.8) is 0 Å². The maximum atomic E-state index is 12.5. The molecule has 2 rings (SSSR count). The Bertz CT molecular complexity index is 475. The number of likely N-dealkylation sites (tertiary alicyclic amines) is 1. The first kappa shape index (κ1) is 15.8. The molecule has 1 fully saturated rings. The largest absolute Gasteiger partial charge is 0.384 e. The molecule has 0 aromatic carbocycles. The lowest BCUT2D eigenvalue weighted by molar-refractivity contribution is -0.0441. The monoisotopic (exact) mass is 291 g/mol. The second-order valence-electron chi connectivity index (χ2n) is 5.84. The molecule has 116 valence electrons. The summed E-state index contributed by atoms with van der Waals surface area (Å²) in [4.78, 5) is 18.6. The molecular weight excluding hydrogens is 266 g/mol. The number of piperidine rings is 1. The number of anilines is 1. The maximum absolute atomic E-state index is 12.5. The number of hydrogen-bond donors (Lipinski definition) is 1. The van der Waals surface area contributed by atoms with Crippen molar-refractivity contribution in [1.82, 2.24) is 9.88 Å². The van der Waals surface area contributed by atoms with Crippen LogP contribution in [-0.2, 0) is 4.74 Å². The van der Waals surface area contributed by atoms with Gasteiger partial charge in [-0.2, -0.15) is 0 Å². The van der Waals surface area contributed by atoms with Crippen molar-refractivity contribution < 1.29 is 9.53 Å². The van der Waals surface area contributed by atoms with Crippen LogP contribution in [0.3, 0.4) is 0 Å². The summed E-state index contributed by atoms with van der Waals surface area (Å²) in [6, 6.07) is 3.70. The minimum Gasteiger partial charge on any atom is -0.384 e. The van der Waals surface area contributed by atoms with E-state index in [4.69, 9.17) is 4.74 Å². The smallest absolute Gasteiger partial charge is 0.272 e. The van der Waals surface area contributed by atoms with Gasteiger partial charge in [0.1, 0.15) is 5.69 Å². The van der Waals surface area contributed by atoms with Crippen molar-refractivity contribution in [3.8, 4) is 0 Å². The predicted octanol–water partition coefficient (Wildman–Crippen LogP) is 2.54. The molecule has 1 aliphatic heterocycles. The van der Waals surface area contributed by atoms with Crippen molar-refractivity contribution >= 4 is 11.6 Å². The standard InChI is InChI=1S/C16H25N3O2/c1-4-9-17-13-6-7-14(18-11-13)15(20)19-10-5-8-16(2,12-19)21-3/h6-7,11,17H,4-5,8-10,12H2,1-3H3. The Hall–Kier alpha value is -1.62. The summed E-state index contributed by atoms with van der Waals surface area (Å²) < 4.78 is 5.53. The van der Waals surface area contributed by atoms with E-state index in [0.717, 1.165) is 38.0 Å². The molecule has 0 radical (unpaired) electrons. The van der Waals surface area contributed by atoms with E-state index in [1.54, 1.807) is 19.4 Å². The van der Waals surface area contributed by atoms with Gasteiger partial charge in [-0.25, -0.2) is 4.98 Å². The van der Waals surface area contributed by atoms with E-state index in [9.17, 15) is 4.79 Å². The van der Waals surface area contributed by atoms with Crippen LogP contribution >= 0.6 is 0 Å². The summed E-state index contributed by atoms with van der Waals surface area (Å²) in [5.41, 5.74) is 1.21. The van der Waals surface area contributed by atoms with Crippen LogP contribution in [0.4, 0.5) is 5.69 Å². The number of pyridine rings is 1. The number of aromatic nitrogens is 1. The van der Waals surface area contributed by atoms with Crippen molar-refractivity contribution in [1.29, 1.82) is 0 Å². The Labute approximate surface area is 126 Å². The molecule has 0 saturated carbocycles. The summed E-state index contributed by atoms with van der Waals surface area (Å²) in [6.45, 7) is 6.47. The molecule has 0 spiro atoms. The van der Waals surface area contributed by atoms with Gasteiger partial charge < -0.3 is 15.0 Å². The van der Waals surface area contributed by atoms with E-state index in [1.165, 1.54) is 0 Å². The third-order valence-electron chi connectivity index (χ3n) is 4.00. The summed E-state index contributed by atoms with van der Waals surface area (Å²) in [5.74, 6) is -0.0139. The zero-order valence-corrected chi connectivity index (χ0v) is 13.2. The molecule has 2 heterocycles. The summed E-state index contributed by atoms with van der Waals surface area (Å²) in [7, 11) is 1.71. The summed E-state index contributed by atoms with van der Waals surface area (Å²) in [6.07, 6.45) is 4.74. The minimum absolute atomic E-state index is 0.0139. The fourth-order valence-electron chi connectivity index (χ4n) is 2.60. The van der Waals surface area contributed by atoms with Gasteiger partial charge in [-0.1, -0.05) is 6.92 Å². The highest BCUT2D eigenvalue weighted by molar-refractivity contribution is 5.92. The minimum atomic E-state index is -0.240. The quantitative estimate of drug-likeness (QED) is 0.906. The van der Waals surface area contributed by atoms with Gasteiger partial charge in [-0.15, -0.1) is 0 Å². The molecule has 1 amide bonds. The van der Waals surface area contributed by atoms with Crippen LogP contribution in [-0.4, -0.2) is 48.1 Å². The van der Waals surface area contributed by atoms with Crippen LogP contribution in [0.2, 0.25) is 0 Å². The van der Waals surface area contributed by atoms with Crippen molar-refractivity contribution in [2.45, 2.75) is 38.7 Å². The Morgan fingerprint density at radius 1 is 1.52 bits per heavy atom. The lowest BCUT2D eigenvalue weighted by Crippen LogP contribution is -2.49. The van der Waals surface area contributed by atoms with E-state index >= 15 is 0 Å². The molecule has 1 N–H and O–H groups in total. The average Bonchev–Trinajstić information content (AvgIpc) is 2.53. The van der Waals surface area contributed by atoms with Crippen LogP contribution in [0, 0.1) is 0 Å². The number of methoxy groups -OCH3 is 1. The third-order valence-corrected chi connectivity index (χ3v) is 4.00. The van der Waals surface area contributed by atoms with Gasteiger partial charge >= 0.3 is 0 Å². The van der Waals surface area contributed by atoms with Gasteiger partial charge in [0, 0.05) is 26.7 Å². The molecule has 1 saturated heterocycles. The first-order valence-corrected chi connectivity index (χ1v) is 7.62. The third kappa shape index (κ3) is 3.94. The molecule has 1 aliphatic rings. The summed E-state index contributed by atoms with van der Waals surface area (Å²) in [5, 5.41) is 3.25. The molecule has 5 nitrogen and oxygen atoms in total. The van der Waals surface area contributed by atoms with Gasteiger partial charge in [0.25, 0.3) is 5.91 Å². The fourth-order valence-corrected chi connectivity index (χ4v) is 2.60. The molecule has 1 unspecified atom stereocenters. The van der Waals surface area contributed by atoms with E-state index in [-0.39, 0.29) is 11.5 Å².